The average molecular weight is 279 g/mol. The second-order valence-corrected chi connectivity index (χ2v) is 6.03. The molecule has 1 amide bonds. The van der Waals surface area contributed by atoms with Crippen molar-refractivity contribution in [3.8, 4) is 0 Å². The molecule has 0 unspecified atom stereocenters. The molecule has 0 saturated heterocycles. The van der Waals surface area contributed by atoms with Gasteiger partial charge in [0.15, 0.2) is 5.78 Å². The molecular weight excluding hydrogens is 262 g/mol. The Hall–Kier alpha value is -2.42. The number of fused-ring (bicyclic) bond motifs is 1. The van der Waals surface area contributed by atoms with E-state index in [2.05, 4.69) is 5.32 Å². The molecule has 1 aliphatic rings. The Bertz CT molecular complexity index is 742. The number of hydrogen-bond donors (Lipinski definition) is 1. The van der Waals surface area contributed by atoms with Crippen LogP contribution in [0.5, 0.6) is 0 Å². The molecule has 1 aliphatic heterocycles. The summed E-state index contributed by atoms with van der Waals surface area (Å²) in [4.78, 5) is 24.5. The molecule has 1 N–H and O–H groups in total. The van der Waals surface area contributed by atoms with Gasteiger partial charge in [0.1, 0.15) is 0 Å². The number of aryl methyl sites for hydroxylation is 1. The molecule has 0 aliphatic carbocycles. The van der Waals surface area contributed by atoms with Crippen molar-refractivity contribution < 1.29 is 9.59 Å². The minimum Gasteiger partial charge on any atom is -0.325 e. The van der Waals surface area contributed by atoms with Gasteiger partial charge in [-0.1, -0.05) is 29.8 Å². The first kappa shape index (κ1) is 13.6. The number of carbonyl (C=O) groups is 2. The maximum atomic E-state index is 12.5. The van der Waals surface area contributed by atoms with Gasteiger partial charge >= 0.3 is 0 Å². The van der Waals surface area contributed by atoms with Crippen molar-refractivity contribution in [3.05, 3.63) is 64.7 Å². The Morgan fingerprint density at radius 3 is 2.29 bits per heavy atom. The van der Waals surface area contributed by atoms with Gasteiger partial charge in [-0.3, -0.25) is 9.59 Å². The summed E-state index contributed by atoms with van der Waals surface area (Å²) in [6.07, 6.45) is 0. The number of ketones is 1. The predicted molar refractivity (Wildman–Crippen MR) is 82.7 cm³/mol. The number of anilines is 1. The summed E-state index contributed by atoms with van der Waals surface area (Å²) in [7, 11) is 0. The second kappa shape index (κ2) is 4.55. The molecule has 3 heteroatoms. The summed E-state index contributed by atoms with van der Waals surface area (Å²) < 4.78 is 0. The minimum absolute atomic E-state index is 0.0204. The molecule has 3 rings (SSSR count). The van der Waals surface area contributed by atoms with Crippen LogP contribution in [0.2, 0.25) is 0 Å². The van der Waals surface area contributed by atoms with E-state index < -0.39 is 5.41 Å². The Morgan fingerprint density at radius 2 is 1.62 bits per heavy atom. The van der Waals surface area contributed by atoms with Crippen LogP contribution in [0.15, 0.2) is 42.5 Å². The summed E-state index contributed by atoms with van der Waals surface area (Å²) >= 11 is 0. The van der Waals surface area contributed by atoms with Crippen LogP contribution in [0.3, 0.4) is 0 Å². The molecule has 0 aromatic heterocycles. The quantitative estimate of drug-likeness (QED) is 0.856. The number of nitrogens with one attached hydrogen (secondary N) is 1. The van der Waals surface area contributed by atoms with Gasteiger partial charge in [0.2, 0.25) is 5.91 Å². The summed E-state index contributed by atoms with van der Waals surface area (Å²) in [5, 5.41) is 2.85. The van der Waals surface area contributed by atoms with E-state index in [1.54, 1.807) is 6.07 Å². The molecule has 0 radical (unpaired) electrons. The van der Waals surface area contributed by atoms with E-state index in [4.69, 9.17) is 0 Å². The SMILES string of the molecule is Cc1ccc(C(=O)c2ccc3c(c2)C(C)(C)C(=O)N3)cc1. The summed E-state index contributed by atoms with van der Waals surface area (Å²) in [6.45, 7) is 5.73. The van der Waals surface area contributed by atoms with Crippen molar-refractivity contribution in [2.45, 2.75) is 26.2 Å². The van der Waals surface area contributed by atoms with Gasteiger partial charge in [-0.2, -0.15) is 0 Å². The van der Waals surface area contributed by atoms with Gasteiger partial charge in [-0.25, -0.2) is 0 Å². The summed E-state index contributed by atoms with van der Waals surface area (Å²) in [5.74, 6) is -0.0506. The van der Waals surface area contributed by atoms with Crippen LogP contribution in [-0.2, 0) is 10.2 Å². The fraction of sp³-hybridized carbons (Fsp3) is 0.222. The van der Waals surface area contributed by atoms with Crippen molar-refractivity contribution in [2.75, 3.05) is 5.32 Å². The van der Waals surface area contributed by atoms with Crippen molar-refractivity contribution in [1.29, 1.82) is 0 Å². The zero-order chi connectivity index (χ0) is 15.2. The highest BCUT2D eigenvalue weighted by Crippen LogP contribution is 2.37. The zero-order valence-electron chi connectivity index (χ0n) is 12.4. The molecule has 3 nitrogen and oxygen atoms in total. The molecule has 0 saturated carbocycles. The molecular formula is C18H17NO2. The van der Waals surface area contributed by atoms with E-state index in [0.29, 0.717) is 11.1 Å². The first-order chi connectivity index (χ1) is 9.89. The Kier molecular flexibility index (Phi) is 2.94. The number of rotatable bonds is 2. The maximum absolute atomic E-state index is 12.5. The standard InChI is InChI=1S/C18H17NO2/c1-11-4-6-12(7-5-11)16(20)13-8-9-15-14(10-13)18(2,3)17(21)19-15/h4-10H,1-3H3,(H,19,21). The molecule has 2 aromatic carbocycles. The fourth-order valence-corrected chi connectivity index (χ4v) is 2.58. The number of amides is 1. The smallest absolute Gasteiger partial charge is 0.234 e. The van der Waals surface area contributed by atoms with E-state index in [9.17, 15) is 9.59 Å². The van der Waals surface area contributed by atoms with Crippen LogP contribution in [0.4, 0.5) is 5.69 Å². The van der Waals surface area contributed by atoms with Gasteiger partial charge in [0.25, 0.3) is 0 Å². The Morgan fingerprint density at radius 1 is 1.00 bits per heavy atom. The summed E-state index contributed by atoms with van der Waals surface area (Å²) in [5.41, 5.74) is 3.48. The van der Waals surface area contributed by atoms with Gasteiger partial charge in [-0.15, -0.1) is 0 Å². The molecule has 106 valence electrons. The normalized spacial score (nSPS) is 15.5. The lowest BCUT2D eigenvalue weighted by molar-refractivity contribution is -0.119. The molecule has 0 atom stereocenters. The van der Waals surface area contributed by atoms with Gasteiger partial charge in [0.05, 0.1) is 5.41 Å². The van der Waals surface area contributed by atoms with E-state index in [1.807, 2.05) is 57.2 Å². The molecule has 2 aromatic rings. The third-order valence-corrected chi connectivity index (χ3v) is 4.08. The molecule has 21 heavy (non-hydrogen) atoms. The van der Waals surface area contributed by atoms with E-state index in [-0.39, 0.29) is 11.7 Å². The van der Waals surface area contributed by atoms with E-state index in [0.717, 1.165) is 16.8 Å². The average Bonchev–Trinajstić information content (AvgIpc) is 2.69. The lowest BCUT2D eigenvalue weighted by atomic mass is 9.84. The zero-order valence-corrected chi connectivity index (χ0v) is 12.4. The Labute approximate surface area is 124 Å². The van der Waals surface area contributed by atoms with Crippen molar-refractivity contribution >= 4 is 17.4 Å². The van der Waals surface area contributed by atoms with Crippen LogP contribution in [0.25, 0.3) is 0 Å². The lowest BCUT2D eigenvalue weighted by Gasteiger charge is -2.15. The van der Waals surface area contributed by atoms with Crippen LogP contribution in [0.1, 0.15) is 40.9 Å². The minimum atomic E-state index is -0.598. The summed E-state index contributed by atoms with van der Waals surface area (Å²) in [6, 6.07) is 12.9. The topological polar surface area (TPSA) is 46.2 Å². The van der Waals surface area contributed by atoms with E-state index >= 15 is 0 Å². The van der Waals surface area contributed by atoms with Crippen LogP contribution >= 0.6 is 0 Å². The monoisotopic (exact) mass is 279 g/mol. The molecule has 0 spiro atoms. The van der Waals surface area contributed by atoms with Crippen LogP contribution in [-0.4, -0.2) is 11.7 Å². The third kappa shape index (κ3) is 2.15. The molecule has 1 heterocycles. The van der Waals surface area contributed by atoms with Crippen molar-refractivity contribution in [3.63, 3.8) is 0 Å². The number of hydrogen-bond acceptors (Lipinski definition) is 2. The van der Waals surface area contributed by atoms with Gasteiger partial charge < -0.3 is 5.32 Å². The number of carbonyl (C=O) groups excluding carboxylic acids is 2. The number of benzene rings is 2. The Balaban J connectivity index is 2.02. The van der Waals surface area contributed by atoms with Crippen LogP contribution < -0.4 is 5.32 Å². The third-order valence-electron chi connectivity index (χ3n) is 4.08. The van der Waals surface area contributed by atoms with Gasteiger partial charge in [0, 0.05) is 16.8 Å². The van der Waals surface area contributed by atoms with E-state index in [1.165, 1.54) is 0 Å². The lowest BCUT2D eigenvalue weighted by Crippen LogP contribution is -2.27. The van der Waals surface area contributed by atoms with Crippen LogP contribution in [0, 0.1) is 6.92 Å². The molecule has 0 bridgehead atoms. The van der Waals surface area contributed by atoms with Crippen molar-refractivity contribution in [1.82, 2.24) is 0 Å². The van der Waals surface area contributed by atoms with Gasteiger partial charge in [-0.05, 0) is 44.5 Å². The highest BCUT2D eigenvalue weighted by Gasteiger charge is 2.38. The second-order valence-electron chi connectivity index (χ2n) is 6.03. The maximum Gasteiger partial charge on any atom is 0.234 e. The highest BCUT2D eigenvalue weighted by molar-refractivity contribution is 6.11. The first-order valence-electron chi connectivity index (χ1n) is 6.97. The molecule has 0 fully saturated rings. The first-order valence-corrected chi connectivity index (χ1v) is 6.97. The largest absolute Gasteiger partial charge is 0.325 e. The fourth-order valence-electron chi connectivity index (χ4n) is 2.58. The van der Waals surface area contributed by atoms with Crippen molar-refractivity contribution in [2.24, 2.45) is 0 Å². The highest BCUT2D eigenvalue weighted by atomic mass is 16.2. The predicted octanol–water partition coefficient (Wildman–Crippen LogP) is 3.46.